The van der Waals surface area contributed by atoms with E-state index in [0.29, 0.717) is 30.3 Å². The SMILES string of the molecule is CCOC(=O)CC(CCN(C)C(=O)OC(C)(C)C)c1cc(Cl)ccc1OC. The predicted molar refractivity (Wildman–Crippen MR) is 105 cm³/mol. The molecule has 0 spiro atoms. The zero-order chi connectivity index (χ0) is 20.6. The number of amides is 1. The van der Waals surface area contributed by atoms with Crippen LogP contribution in [0.3, 0.4) is 0 Å². The van der Waals surface area contributed by atoms with Crippen LogP contribution in [0, 0.1) is 0 Å². The van der Waals surface area contributed by atoms with Gasteiger partial charge < -0.3 is 19.1 Å². The summed E-state index contributed by atoms with van der Waals surface area (Å²) in [4.78, 5) is 25.8. The van der Waals surface area contributed by atoms with Gasteiger partial charge in [-0.25, -0.2) is 4.79 Å². The van der Waals surface area contributed by atoms with Crippen molar-refractivity contribution in [3.8, 4) is 5.75 Å². The highest BCUT2D eigenvalue weighted by Gasteiger charge is 2.24. The van der Waals surface area contributed by atoms with Crippen LogP contribution in [0.1, 0.15) is 52.0 Å². The Kier molecular flexibility index (Phi) is 8.89. The Morgan fingerprint density at radius 2 is 1.93 bits per heavy atom. The van der Waals surface area contributed by atoms with E-state index >= 15 is 0 Å². The first kappa shape index (κ1) is 23.1. The fraction of sp³-hybridized carbons (Fsp3) is 0.600. The van der Waals surface area contributed by atoms with Crippen molar-refractivity contribution >= 4 is 23.7 Å². The minimum atomic E-state index is -0.564. The molecular formula is C20H30ClNO5. The zero-order valence-corrected chi connectivity index (χ0v) is 17.8. The molecule has 0 fully saturated rings. The normalized spacial score (nSPS) is 12.3. The van der Waals surface area contributed by atoms with E-state index in [9.17, 15) is 9.59 Å². The van der Waals surface area contributed by atoms with Gasteiger partial charge in [0.25, 0.3) is 0 Å². The summed E-state index contributed by atoms with van der Waals surface area (Å²) in [6.07, 6.45) is 0.299. The van der Waals surface area contributed by atoms with Crippen molar-refractivity contribution in [2.75, 3.05) is 27.3 Å². The van der Waals surface area contributed by atoms with E-state index in [1.165, 1.54) is 4.90 Å². The van der Waals surface area contributed by atoms with Crippen LogP contribution < -0.4 is 4.74 Å². The fourth-order valence-electron chi connectivity index (χ4n) is 2.59. The van der Waals surface area contributed by atoms with E-state index in [1.54, 1.807) is 39.3 Å². The number of carbonyl (C=O) groups is 2. The van der Waals surface area contributed by atoms with E-state index in [4.69, 9.17) is 25.8 Å². The summed E-state index contributed by atoms with van der Waals surface area (Å²) in [6, 6.07) is 5.29. The molecule has 0 radical (unpaired) electrons. The third-order valence-electron chi connectivity index (χ3n) is 3.87. The van der Waals surface area contributed by atoms with Crippen LogP contribution in [0.4, 0.5) is 4.79 Å². The average Bonchev–Trinajstić information content (AvgIpc) is 2.56. The highest BCUT2D eigenvalue weighted by atomic mass is 35.5. The van der Waals surface area contributed by atoms with Gasteiger partial charge in [0, 0.05) is 18.6 Å². The molecule has 1 aromatic carbocycles. The van der Waals surface area contributed by atoms with E-state index < -0.39 is 11.7 Å². The van der Waals surface area contributed by atoms with E-state index in [-0.39, 0.29) is 18.3 Å². The standard InChI is InChI=1S/C20H30ClNO5/c1-7-26-18(23)12-14(16-13-15(21)8-9-17(16)25-6)10-11-22(5)19(24)27-20(2,3)4/h8-9,13-14H,7,10-12H2,1-6H3. The molecule has 27 heavy (non-hydrogen) atoms. The number of hydrogen-bond donors (Lipinski definition) is 0. The van der Waals surface area contributed by atoms with Crippen LogP contribution in [0.5, 0.6) is 5.75 Å². The summed E-state index contributed by atoms with van der Waals surface area (Å²) in [6.45, 7) is 7.95. The third-order valence-corrected chi connectivity index (χ3v) is 4.10. The van der Waals surface area contributed by atoms with Gasteiger partial charge >= 0.3 is 12.1 Å². The Bertz CT molecular complexity index is 642. The number of benzene rings is 1. The molecule has 0 aliphatic rings. The number of rotatable bonds is 8. The Balaban J connectivity index is 2.95. The maximum Gasteiger partial charge on any atom is 0.410 e. The van der Waals surface area contributed by atoms with Crippen molar-refractivity contribution in [1.29, 1.82) is 0 Å². The number of hydrogen-bond acceptors (Lipinski definition) is 5. The van der Waals surface area contributed by atoms with Crippen molar-refractivity contribution in [2.24, 2.45) is 0 Å². The molecular weight excluding hydrogens is 370 g/mol. The maximum absolute atomic E-state index is 12.2. The molecule has 0 N–H and O–H groups in total. The van der Waals surface area contributed by atoms with Crippen LogP contribution in [-0.2, 0) is 14.3 Å². The number of methoxy groups -OCH3 is 1. The third kappa shape index (κ3) is 8.08. The number of carbonyl (C=O) groups excluding carboxylic acids is 2. The summed E-state index contributed by atoms with van der Waals surface area (Å²) < 4.78 is 15.9. The first-order valence-electron chi connectivity index (χ1n) is 9.00. The van der Waals surface area contributed by atoms with E-state index in [0.717, 1.165) is 5.56 Å². The molecule has 6 nitrogen and oxygen atoms in total. The molecule has 1 atom stereocenters. The first-order valence-corrected chi connectivity index (χ1v) is 9.38. The number of halogens is 1. The van der Waals surface area contributed by atoms with Crippen molar-refractivity contribution in [3.05, 3.63) is 28.8 Å². The van der Waals surface area contributed by atoms with Gasteiger partial charge in [0.2, 0.25) is 0 Å². The summed E-state index contributed by atoms with van der Waals surface area (Å²) in [5.41, 5.74) is 0.252. The fourth-order valence-corrected chi connectivity index (χ4v) is 2.77. The Morgan fingerprint density at radius 3 is 2.48 bits per heavy atom. The van der Waals surface area contributed by atoms with Crippen molar-refractivity contribution in [1.82, 2.24) is 4.90 Å². The summed E-state index contributed by atoms with van der Waals surface area (Å²) >= 11 is 6.15. The molecule has 0 aliphatic heterocycles. The second kappa shape index (κ2) is 10.4. The van der Waals surface area contributed by atoms with E-state index in [1.807, 2.05) is 20.8 Å². The highest BCUT2D eigenvalue weighted by Crippen LogP contribution is 2.34. The van der Waals surface area contributed by atoms with Gasteiger partial charge in [0.1, 0.15) is 11.4 Å². The Morgan fingerprint density at radius 1 is 1.26 bits per heavy atom. The van der Waals surface area contributed by atoms with Crippen LogP contribution in [0.25, 0.3) is 0 Å². The van der Waals surface area contributed by atoms with Crippen LogP contribution in [0.15, 0.2) is 18.2 Å². The second-order valence-electron chi connectivity index (χ2n) is 7.28. The molecule has 0 aliphatic carbocycles. The molecule has 152 valence electrons. The zero-order valence-electron chi connectivity index (χ0n) is 17.0. The molecule has 0 heterocycles. The van der Waals surface area contributed by atoms with Crippen molar-refractivity contribution in [2.45, 2.75) is 52.1 Å². The summed E-state index contributed by atoms with van der Waals surface area (Å²) in [5.74, 6) is 0.139. The molecule has 0 aromatic heterocycles. The quantitative estimate of drug-likeness (QED) is 0.595. The van der Waals surface area contributed by atoms with Gasteiger partial charge in [-0.2, -0.15) is 0 Å². The molecule has 0 bridgehead atoms. The van der Waals surface area contributed by atoms with E-state index in [2.05, 4.69) is 0 Å². The molecule has 1 aromatic rings. The highest BCUT2D eigenvalue weighted by molar-refractivity contribution is 6.30. The molecule has 1 unspecified atom stereocenters. The Hall–Kier alpha value is -1.95. The maximum atomic E-state index is 12.2. The minimum absolute atomic E-state index is 0.173. The summed E-state index contributed by atoms with van der Waals surface area (Å²) in [7, 11) is 3.24. The molecule has 0 saturated carbocycles. The van der Waals surface area contributed by atoms with Gasteiger partial charge in [0.05, 0.1) is 20.1 Å². The average molecular weight is 400 g/mol. The van der Waals surface area contributed by atoms with Gasteiger partial charge in [-0.1, -0.05) is 11.6 Å². The number of esters is 1. The molecule has 1 rings (SSSR count). The molecule has 1 amide bonds. The molecule has 7 heteroatoms. The van der Waals surface area contributed by atoms with Gasteiger partial charge in [-0.05, 0) is 63.8 Å². The van der Waals surface area contributed by atoms with Crippen LogP contribution in [-0.4, -0.2) is 49.9 Å². The van der Waals surface area contributed by atoms with Gasteiger partial charge in [-0.3, -0.25) is 4.79 Å². The summed E-state index contributed by atoms with van der Waals surface area (Å²) in [5, 5.41) is 0.556. The minimum Gasteiger partial charge on any atom is -0.496 e. The topological polar surface area (TPSA) is 65.1 Å². The second-order valence-corrected chi connectivity index (χ2v) is 7.72. The van der Waals surface area contributed by atoms with Crippen LogP contribution >= 0.6 is 11.6 Å². The van der Waals surface area contributed by atoms with Gasteiger partial charge in [0.15, 0.2) is 0 Å². The van der Waals surface area contributed by atoms with Crippen LogP contribution in [0.2, 0.25) is 5.02 Å². The first-order chi connectivity index (χ1) is 12.6. The molecule has 0 saturated heterocycles. The lowest BCUT2D eigenvalue weighted by Crippen LogP contribution is -2.35. The van der Waals surface area contributed by atoms with Crippen molar-refractivity contribution < 1.29 is 23.8 Å². The lowest BCUT2D eigenvalue weighted by molar-refractivity contribution is -0.143. The largest absolute Gasteiger partial charge is 0.496 e. The lowest BCUT2D eigenvalue weighted by Gasteiger charge is -2.26. The Labute approximate surface area is 166 Å². The number of ether oxygens (including phenoxy) is 3. The lowest BCUT2D eigenvalue weighted by atomic mass is 9.91. The van der Waals surface area contributed by atoms with Gasteiger partial charge in [-0.15, -0.1) is 0 Å². The predicted octanol–water partition coefficient (Wildman–Crippen LogP) is 4.64. The smallest absolute Gasteiger partial charge is 0.410 e. The number of nitrogens with zero attached hydrogens (tertiary/aromatic N) is 1. The monoisotopic (exact) mass is 399 g/mol. The van der Waals surface area contributed by atoms with Crippen molar-refractivity contribution in [3.63, 3.8) is 0 Å².